The second-order valence-electron chi connectivity index (χ2n) is 4.68. The third-order valence-electron chi connectivity index (χ3n) is 3.34. The van der Waals surface area contributed by atoms with Gasteiger partial charge < -0.3 is 16.0 Å². The fraction of sp³-hybridized carbons (Fsp3) is 0.462. The fourth-order valence-corrected chi connectivity index (χ4v) is 2.83. The first-order valence-electron chi connectivity index (χ1n) is 6.10. The van der Waals surface area contributed by atoms with Crippen molar-refractivity contribution in [1.82, 2.24) is 5.32 Å². The number of carbonyl (C=O) groups excluding carboxylic acids is 1. The van der Waals surface area contributed by atoms with Gasteiger partial charge in [0.15, 0.2) is 0 Å². The highest BCUT2D eigenvalue weighted by atomic mass is 79.9. The Morgan fingerprint density at radius 2 is 2.39 bits per heavy atom. The Kier molecular flexibility index (Phi) is 4.24. The van der Waals surface area contributed by atoms with Gasteiger partial charge in [0, 0.05) is 17.6 Å². The number of nitrogens with two attached hydrogens (primary N) is 1. The van der Waals surface area contributed by atoms with Gasteiger partial charge in [0.1, 0.15) is 0 Å². The second kappa shape index (κ2) is 5.71. The molecule has 1 aromatic rings. The molecule has 0 spiro atoms. The number of primary amides is 1. The lowest BCUT2D eigenvalue weighted by Crippen LogP contribution is -2.26. The van der Waals surface area contributed by atoms with Crippen molar-refractivity contribution in [3.05, 3.63) is 28.2 Å². The third kappa shape index (κ3) is 2.84. The van der Waals surface area contributed by atoms with Crippen molar-refractivity contribution in [3.63, 3.8) is 0 Å². The summed E-state index contributed by atoms with van der Waals surface area (Å²) in [6.45, 7) is 2.96. The van der Waals surface area contributed by atoms with Crippen LogP contribution in [0.5, 0.6) is 0 Å². The molecule has 1 aromatic carbocycles. The van der Waals surface area contributed by atoms with Crippen molar-refractivity contribution in [3.8, 4) is 0 Å². The van der Waals surface area contributed by atoms with E-state index in [9.17, 15) is 4.79 Å². The number of amides is 1. The van der Waals surface area contributed by atoms with Gasteiger partial charge in [-0.15, -0.1) is 0 Å². The molecule has 0 saturated carbocycles. The van der Waals surface area contributed by atoms with Crippen LogP contribution in [0.2, 0.25) is 0 Å². The van der Waals surface area contributed by atoms with Gasteiger partial charge in [-0.25, -0.2) is 0 Å². The Morgan fingerprint density at radius 3 is 3.06 bits per heavy atom. The minimum atomic E-state index is -0.366. The van der Waals surface area contributed by atoms with E-state index in [-0.39, 0.29) is 5.91 Å². The first kappa shape index (κ1) is 13.4. The predicted molar refractivity (Wildman–Crippen MR) is 76.9 cm³/mol. The van der Waals surface area contributed by atoms with Crippen molar-refractivity contribution in [2.75, 3.05) is 31.6 Å². The van der Waals surface area contributed by atoms with E-state index in [1.165, 1.54) is 0 Å². The maximum absolute atomic E-state index is 11.5. The molecule has 1 aliphatic heterocycles. The maximum atomic E-state index is 11.5. The normalized spacial score (nSPS) is 19.2. The van der Waals surface area contributed by atoms with Crippen LogP contribution in [0.1, 0.15) is 16.8 Å². The van der Waals surface area contributed by atoms with E-state index < -0.39 is 0 Å². The van der Waals surface area contributed by atoms with E-state index in [1.54, 1.807) is 6.07 Å². The molecule has 1 saturated heterocycles. The summed E-state index contributed by atoms with van der Waals surface area (Å²) in [4.78, 5) is 13.7. The number of nitrogens with zero attached hydrogens (tertiary/aromatic N) is 1. The van der Waals surface area contributed by atoms with Crippen LogP contribution in [0.3, 0.4) is 0 Å². The van der Waals surface area contributed by atoms with E-state index in [2.05, 4.69) is 26.1 Å². The summed E-state index contributed by atoms with van der Waals surface area (Å²) in [5.41, 5.74) is 6.97. The summed E-state index contributed by atoms with van der Waals surface area (Å²) in [6.07, 6.45) is 1.14. The first-order chi connectivity index (χ1) is 8.61. The molecular weight excluding hydrogens is 294 g/mol. The van der Waals surface area contributed by atoms with Crippen molar-refractivity contribution in [1.29, 1.82) is 0 Å². The van der Waals surface area contributed by atoms with Crippen LogP contribution < -0.4 is 16.0 Å². The molecule has 0 bridgehead atoms. The summed E-state index contributed by atoms with van der Waals surface area (Å²) in [5.74, 6) is 0.268. The van der Waals surface area contributed by atoms with Crippen LogP contribution in [0.4, 0.5) is 5.69 Å². The monoisotopic (exact) mass is 311 g/mol. The number of anilines is 1. The molecule has 3 N–H and O–H groups in total. The summed E-state index contributed by atoms with van der Waals surface area (Å²) in [7, 11) is 1.97. The summed E-state index contributed by atoms with van der Waals surface area (Å²) in [5, 5.41) is 3.20. The molecule has 18 heavy (non-hydrogen) atoms. The van der Waals surface area contributed by atoms with Crippen LogP contribution in [0.15, 0.2) is 22.7 Å². The lowest BCUT2D eigenvalue weighted by Gasteiger charge is -2.21. The molecule has 0 aliphatic carbocycles. The molecule has 1 aliphatic rings. The second-order valence-corrected chi connectivity index (χ2v) is 5.60. The fourth-order valence-electron chi connectivity index (χ4n) is 2.48. The highest BCUT2D eigenvalue weighted by Gasteiger charge is 2.24. The Morgan fingerprint density at radius 1 is 1.61 bits per heavy atom. The lowest BCUT2D eigenvalue weighted by atomic mass is 10.1. The Balaban J connectivity index is 2.23. The van der Waals surface area contributed by atoms with Gasteiger partial charge in [-0.2, -0.15) is 0 Å². The molecule has 1 unspecified atom stereocenters. The van der Waals surface area contributed by atoms with Crippen LogP contribution in [0, 0.1) is 5.92 Å². The zero-order valence-corrected chi connectivity index (χ0v) is 12.0. The molecular formula is C13H18BrN3O. The van der Waals surface area contributed by atoms with Gasteiger partial charge in [-0.1, -0.05) is 15.9 Å². The van der Waals surface area contributed by atoms with Crippen LogP contribution >= 0.6 is 15.9 Å². The molecule has 0 aromatic heterocycles. The highest BCUT2D eigenvalue weighted by Crippen LogP contribution is 2.29. The molecule has 98 valence electrons. The molecule has 1 fully saturated rings. The van der Waals surface area contributed by atoms with Gasteiger partial charge in [0.05, 0.1) is 11.3 Å². The molecule has 1 amide bonds. The maximum Gasteiger partial charge on any atom is 0.250 e. The Bertz CT molecular complexity index is 450. The average Bonchev–Trinajstić information content (AvgIpc) is 2.77. The first-order valence-corrected chi connectivity index (χ1v) is 6.90. The zero-order chi connectivity index (χ0) is 13.1. The van der Waals surface area contributed by atoms with Gasteiger partial charge in [0.25, 0.3) is 5.91 Å². The zero-order valence-electron chi connectivity index (χ0n) is 10.4. The van der Waals surface area contributed by atoms with Crippen molar-refractivity contribution >= 4 is 27.5 Å². The number of carbonyl (C=O) groups is 1. The van der Waals surface area contributed by atoms with Crippen molar-refractivity contribution in [2.24, 2.45) is 11.7 Å². The summed E-state index contributed by atoms with van der Waals surface area (Å²) >= 11 is 3.45. The molecule has 1 heterocycles. The average molecular weight is 312 g/mol. The number of halogens is 1. The van der Waals surface area contributed by atoms with Crippen LogP contribution in [-0.4, -0.2) is 32.6 Å². The summed E-state index contributed by atoms with van der Waals surface area (Å²) < 4.78 is 0.972. The largest absolute Gasteiger partial charge is 0.371 e. The Labute approximate surface area is 116 Å². The van der Waals surface area contributed by atoms with Gasteiger partial charge in [-0.3, -0.25) is 4.79 Å². The highest BCUT2D eigenvalue weighted by molar-refractivity contribution is 9.10. The summed E-state index contributed by atoms with van der Waals surface area (Å²) in [6, 6.07) is 5.61. The molecule has 4 nitrogen and oxygen atoms in total. The van der Waals surface area contributed by atoms with Crippen molar-refractivity contribution < 1.29 is 4.79 Å². The minimum Gasteiger partial charge on any atom is -0.371 e. The minimum absolute atomic E-state index is 0.366. The topological polar surface area (TPSA) is 58.4 Å². The number of nitrogens with one attached hydrogen (secondary N) is 1. The SMILES string of the molecule is CNCC1CCN(c2cc(Br)ccc2C(N)=O)C1. The lowest BCUT2D eigenvalue weighted by molar-refractivity contribution is 0.100. The van der Waals surface area contributed by atoms with E-state index in [0.717, 1.165) is 36.2 Å². The smallest absolute Gasteiger partial charge is 0.250 e. The van der Waals surface area contributed by atoms with Crippen LogP contribution in [-0.2, 0) is 0 Å². The third-order valence-corrected chi connectivity index (χ3v) is 3.84. The van der Waals surface area contributed by atoms with Gasteiger partial charge >= 0.3 is 0 Å². The van der Waals surface area contributed by atoms with E-state index in [1.807, 2.05) is 19.2 Å². The standard InChI is InChI=1S/C13H18BrN3O/c1-16-7-9-4-5-17(8-9)12-6-10(14)2-3-11(12)13(15)18/h2-3,6,9,16H,4-5,7-8H2,1H3,(H2,15,18). The molecule has 1 atom stereocenters. The van der Waals surface area contributed by atoms with Crippen molar-refractivity contribution in [2.45, 2.75) is 6.42 Å². The van der Waals surface area contributed by atoms with Gasteiger partial charge in [0.2, 0.25) is 0 Å². The molecule has 0 radical (unpaired) electrons. The van der Waals surface area contributed by atoms with Crippen LogP contribution in [0.25, 0.3) is 0 Å². The molecule has 5 heteroatoms. The molecule has 2 rings (SSSR count). The van der Waals surface area contributed by atoms with E-state index in [0.29, 0.717) is 11.5 Å². The van der Waals surface area contributed by atoms with E-state index in [4.69, 9.17) is 5.73 Å². The predicted octanol–water partition coefficient (Wildman–Crippen LogP) is 1.59. The van der Waals surface area contributed by atoms with Gasteiger partial charge in [-0.05, 0) is 44.1 Å². The quantitative estimate of drug-likeness (QED) is 0.888. The van der Waals surface area contributed by atoms with E-state index >= 15 is 0 Å². The number of benzene rings is 1. The number of hydrogen-bond donors (Lipinski definition) is 2. The number of hydrogen-bond acceptors (Lipinski definition) is 3. The Hall–Kier alpha value is -1.07. The number of rotatable bonds is 4.